The van der Waals surface area contributed by atoms with Crippen molar-refractivity contribution in [3.63, 3.8) is 0 Å². The van der Waals surface area contributed by atoms with Crippen LogP contribution in [0, 0.1) is 5.41 Å². The fourth-order valence-electron chi connectivity index (χ4n) is 1.52. The molecule has 1 amide bonds. The SMILES string of the molecule is COCCC(C)(C)CNC(=NCC(=O)N(C)C)NCCSC.I. The molecule has 23 heavy (non-hydrogen) atoms. The number of hydrogen-bond donors (Lipinski definition) is 2. The van der Waals surface area contributed by atoms with Gasteiger partial charge in [0, 0.05) is 46.7 Å². The summed E-state index contributed by atoms with van der Waals surface area (Å²) in [6, 6.07) is 0. The van der Waals surface area contributed by atoms with Gasteiger partial charge in [0.2, 0.25) is 5.91 Å². The Morgan fingerprint density at radius 3 is 2.48 bits per heavy atom. The van der Waals surface area contributed by atoms with Crippen LogP contribution in [0.3, 0.4) is 0 Å². The second-order valence-electron chi connectivity index (χ2n) is 6.13. The van der Waals surface area contributed by atoms with Crippen LogP contribution in [0.5, 0.6) is 0 Å². The first-order valence-electron chi connectivity index (χ1n) is 7.52. The first-order valence-corrected chi connectivity index (χ1v) is 8.92. The van der Waals surface area contributed by atoms with E-state index in [0.29, 0.717) is 5.96 Å². The van der Waals surface area contributed by atoms with E-state index in [0.717, 1.165) is 31.9 Å². The predicted molar refractivity (Wildman–Crippen MR) is 111 cm³/mol. The van der Waals surface area contributed by atoms with Gasteiger partial charge in [-0.25, -0.2) is 4.99 Å². The summed E-state index contributed by atoms with van der Waals surface area (Å²) >= 11 is 1.77. The maximum absolute atomic E-state index is 11.7. The lowest BCUT2D eigenvalue weighted by Gasteiger charge is -2.26. The monoisotopic (exact) mass is 460 g/mol. The van der Waals surface area contributed by atoms with Crippen molar-refractivity contribution >= 4 is 47.6 Å². The van der Waals surface area contributed by atoms with Gasteiger partial charge in [-0.3, -0.25) is 4.79 Å². The van der Waals surface area contributed by atoms with Crippen LogP contribution in [0.2, 0.25) is 0 Å². The molecule has 2 N–H and O–H groups in total. The average Bonchev–Trinajstić information content (AvgIpc) is 2.47. The van der Waals surface area contributed by atoms with Gasteiger partial charge in [-0.05, 0) is 18.1 Å². The summed E-state index contributed by atoms with van der Waals surface area (Å²) in [7, 11) is 5.19. The molecule has 0 saturated heterocycles. The molecule has 0 heterocycles. The van der Waals surface area contributed by atoms with E-state index in [2.05, 4.69) is 35.7 Å². The molecule has 0 aromatic rings. The van der Waals surface area contributed by atoms with Gasteiger partial charge >= 0.3 is 0 Å². The zero-order chi connectivity index (χ0) is 17.0. The molecule has 0 aromatic carbocycles. The van der Waals surface area contributed by atoms with Crippen LogP contribution >= 0.6 is 35.7 Å². The topological polar surface area (TPSA) is 66.0 Å². The third-order valence-electron chi connectivity index (χ3n) is 3.19. The van der Waals surface area contributed by atoms with E-state index >= 15 is 0 Å². The number of carbonyl (C=O) groups is 1. The number of methoxy groups -OCH3 is 1. The lowest BCUT2D eigenvalue weighted by atomic mass is 9.90. The van der Waals surface area contributed by atoms with Gasteiger partial charge in [0.25, 0.3) is 0 Å². The molecule has 6 nitrogen and oxygen atoms in total. The zero-order valence-electron chi connectivity index (χ0n) is 15.3. The molecule has 0 bridgehead atoms. The van der Waals surface area contributed by atoms with Crippen LogP contribution in [-0.4, -0.2) is 76.2 Å². The average molecular weight is 460 g/mol. The van der Waals surface area contributed by atoms with Crippen molar-refractivity contribution in [2.24, 2.45) is 10.4 Å². The first-order chi connectivity index (χ1) is 10.3. The van der Waals surface area contributed by atoms with Crippen molar-refractivity contribution in [2.45, 2.75) is 20.3 Å². The molecule has 0 aliphatic carbocycles. The van der Waals surface area contributed by atoms with E-state index in [4.69, 9.17) is 4.74 Å². The minimum absolute atomic E-state index is 0. The fourth-order valence-corrected chi connectivity index (χ4v) is 1.83. The number of nitrogens with zero attached hydrogens (tertiary/aromatic N) is 2. The van der Waals surface area contributed by atoms with Gasteiger partial charge in [-0.15, -0.1) is 24.0 Å². The zero-order valence-corrected chi connectivity index (χ0v) is 18.4. The fraction of sp³-hybridized carbons (Fsp3) is 0.867. The van der Waals surface area contributed by atoms with Gasteiger partial charge in [0.05, 0.1) is 0 Å². The molecule has 0 fully saturated rings. The van der Waals surface area contributed by atoms with E-state index in [1.807, 2.05) is 0 Å². The van der Waals surface area contributed by atoms with Gasteiger partial charge in [0.1, 0.15) is 6.54 Å². The molecule has 0 radical (unpaired) electrons. The minimum atomic E-state index is -0.00962. The number of likely N-dealkylation sites (N-methyl/N-ethyl adjacent to an activating group) is 1. The highest BCUT2D eigenvalue weighted by Gasteiger charge is 2.18. The normalized spacial score (nSPS) is 11.7. The van der Waals surface area contributed by atoms with E-state index < -0.39 is 0 Å². The number of nitrogens with one attached hydrogen (secondary N) is 2. The van der Waals surface area contributed by atoms with Crippen LogP contribution in [0.4, 0.5) is 0 Å². The summed E-state index contributed by atoms with van der Waals surface area (Å²) in [6.45, 7) is 6.85. The summed E-state index contributed by atoms with van der Waals surface area (Å²) in [4.78, 5) is 17.6. The largest absolute Gasteiger partial charge is 0.385 e. The third-order valence-corrected chi connectivity index (χ3v) is 3.80. The maximum Gasteiger partial charge on any atom is 0.243 e. The van der Waals surface area contributed by atoms with Crippen molar-refractivity contribution < 1.29 is 9.53 Å². The lowest BCUT2D eigenvalue weighted by molar-refractivity contribution is -0.127. The summed E-state index contributed by atoms with van der Waals surface area (Å²) < 4.78 is 5.14. The highest BCUT2D eigenvalue weighted by atomic mass is 127. The van der Waals surface area contributed by atoms with Crippen molar-refractivity contribution in [1.29, 1.82) is 0 Å². The number of rotatable bonds is 10. The van der Waals surface area contributed by atoms with Gasteiger partial charge in [0.15, 0.2) is 5.96 Å². The van der Waals surface area contributed by atoms with Crippen LogP contribution < -0.4 is 10.6 Å². The standard InChI is InChI=1S/C15H32N4O2S.HI/c1-15(2,7-9-21-5)12-18-14(16-8-10-22-6)17-11-13(20)19(3)4;/h7-12H2,1-6H3,(H2,16,17,18);1H. The number of aliphatic imine (C=N–C) groups is 1. The second kappa shape index (κ2) is 14.2. The number of ether oxygens (including phenoxy) is 1. The Labute approximate surface area is 162 Å². The summed E-state index contributed by atoms with van der Waals surface area (Å²) in [6.07, 6.45) is 3.03. The van der Waals surface area contributed by atoms with Crippen LogP contribution in [-0.2, 0) is 9.53 Å². The number of thioether (sulfide) groups is 1. The predicted octanol–water partition coefficient (Wildman–Crippen LogP) is 1.65. The molecule has 0 unspecified atom stereocenters. The van der Waals surface area contributed by atoms with Gasteiger partial charge < -0.3 is 20.3 Å². The first kappa shape index (κ1) is 25.0. The number of carbonyl (C=O) groups excluding carboxylic acids is 1. The molecule has 0 rings (SSSR count). The maximum atomic E-state index is 11.7. The van der Waals surface area contributed by atoms with E-state index in [-0.39, 0.29) is 41.8 Å². The summed E-state index contributed by atoms with van der Waals surface area (Å²) in [5, 5.41) is 6.59. The Bertz CT molecular complexity index is 352. The number of guanidine groups is 1. The summed E-state index contributed by atoms with van der Waals surface area (Å²) in [5.41, 5.74) is 0.101. The molecule has 8 heteroatoms. The quantitative estimate of drug-likeness (QED) is 0.225. The van der Waals surface area contributed by atoms with Crippen molar-refractivity contribution in [3.8, 4) is 0 Å². The minimum Gasteiger partial charge on any atom is -0.385 e. The van der Waals surface area contributed by atoms with E-state index in [1.165, 1.54) is 0 Å². The molecule has 0 aliphatic heterocycles. The lowest BCUT2D eigenvalue weighted by Crippen LogP contribution is -2.43. The second-order valence-corrected chi connectivity index (χ2v) is 7.12. The van der Waals surface area contributed by atoms with Crippen molar-refractivity contribution in [1.82, 2.24) is 15.5 Å². The molecule has 0 aliphatic rings. The Balaban J connectivity index is 0. The Morgan fingerprint density at radius 2 is 1.96 bits per heavy atom. The van der Waals surface area contributed by atoms with Gasteiger partial charge in [-0.1, -0.05) is 13.8 Å². The third kappa shape index (κ3) is 13.9. The highest BCUT2D eigenvalue weighted by molar-refractivity contribution is 14.0. The number of halogens is 1. The molecular formula is C15H33IN4O2S. The molecule has 138 valence electrons. The molecule has 0 spiro atoms. The Morgan fingerprint density at radius 1 is 1.30 bits per heavy atom. The Kier molecular flexibility index (Phi) is 15.4. The van der Waals surface area contributed by atoms with E-state index in [9.17, 15) is 4.79 Å². The number of amides is 1. The van der Waals surface area contributed by atoms with Crippen LogP contribution in [0.15, 0.2) is 4.99 Å². The van der Waals surface area contributed by atoms with Gasteiger partial charge in [-0.2, -0.15) is 11.8 Å². The highest BCUT2D eigenvalue weighted by Crippen LogP contribution is 2.18. The molecular weight excluding hydrogens is 427 g/mol. The molecule has 0 saturated carbocycles. The Hall–Kier alpha value is -0.220. The van der Waals surface area contributed by atoms with Crippen LogP contribution in [0.25, 0.3) is 0 Å². The number of hydrogen-bond acceptors (Lipinski definition) is 4. The molecule has 0 aromatic heterocycles. The van der Waals surface area contributed by atoms with Crippen molar-refractivity contribution in [2.75, 3.05) is 59.5 Å². The summed E-state index contributed by atoms with van der Waals surface area (Å²) in [5.74, 6) is 1.68. The van der Waals surface area contributed by atoms with Crippen molar-refractivity contribution in [3.05, 3.63) is 0 Å². The van der Waals surface area contributed by atoms with Crippen LogP contribution in [0.1, 0.15) is 20.3 Å². The smallest absolute Gasteiger partial charge is 0.243 e. The molecule has 0 atom stereocenters. The van der Waals surface area contributed by atoms with E-state index in [1.54, 1.807) is 37.9 Å².